The van der Waals surface area contributed by atoms with Gasteiger partial charge in [-0.05, 0) is 19.2 Å². The van der Waals surface area contributed by atoms with Crippen LogP contribution in [0.3, 0.4) is 0 Å². The van der Waals surface area contributed by atoms with Gasteiger partial charge in [0.2, 0.25) is 5.91 Å². The molecule has 0 aliphatic heterocycles. The van der Waals surface area contributed by atoms with Crippen molar-refractivity contribution in [2.24, 2.45) is 0 Å². The van der Waals surface area contributed by atoms with Crippen molar-refractivity contribution < 1.29 is 9.90 Å². The molecule has 0 fully saturated rings. The van der Waals surface area contributed by atoms with Crippen LogP contribution in [-0.2, 0) is 4.79 Å². The van der Waals surface area contributed by atoms with Crippen molar-refractivity contribution >= 4 is 41.5 Å². The van der Waals surface area contributed by atoms with Crippen LogP contribution in [0.25, 0.3) is 0 Å². The van der Waals surface area contributed by atoms with Gasteiger partial charge >= 0.3 is 0 Å². The molecule has 102 valence electrons. The minimum atomic E-state index is -0.919. The number of nitrogens with one attached hydrogen (secondary N) is 2. The molecule has 0 spiro atoms. The quantitative estimate of drug-likeness (QED) is 0.776. The van der Waals surface area contributed by atoms with Crippen LogP contribution in [0.1, 0.15) is 11.7 Å². The summed E-state index contributed by atoms with van der Waals surface area (Å²) >= 11 is 11.9. The number of carbonyl (C=O) groups excluding carboxylic acids is 1. The molecule has 0 saturated heterocycles. The summed E-state index contributed by atoms with van der Waals surface area (Å²) in [6.45, 7) is 0.271. The molecule has 3 N–H and O–H groups in total. The highest BCUT2D eigenvalue weighted by molar-refractivity contribution is 6.36. The van der Waals surface area contributed by atoms with Gasteiger partial charge in [0.25, 0.3) is 0 Å². The molecule has 0 aliphatic carbocycles. The Hall–Kier alpha value is -0.520. The second-order valence-corrected chi connectivity index (χ2v) is 4.30. The predicted molar refractivity (Wildman–Crippen MR) is 75.6 cm³/mol. The Morgan fingerprint density at radius 3 is 2.44 bits per heavy atom. The molecule has 0 radical (unpaired) electrons. The number of aliphatic hydroxyl groups excluding tert-OH is 1. The van der Waals surface area contributed by atoms with Crippen molar-refractivity contribution in [2.45, 2.75) is 6.10 Å². The van der Waals surface area contributed by atoms with Crippen molar-refractivity contribution in [3.63, 3.8) is 0 Å². The smallest absolute Gasteiger partial charge is 0.234 e. The van der Waals surface area contributed by atoms with E-state index in [0.29, 0.717) is 15.6 Å². The Morgan fingerprint density at radius 1 is 1.39 bits per heavy atom. The van der Waals surface area contributed by atoms with Gasteiger partial charge in [0.05, 0.1) is 12.6 Å². The predicted octanol–water partition coefficient (Wildman–Crippen LogP) is 1.78. The minimum absolute atomic E-state index is 0. The Bertz CT molecular complexity index is 382. The van der Waals surface area contributed by atoms with Gasteiger partial charge in [0.1, 0.15) is 0 Å². The van der Waals surface area contributed by atoms with Gasteiger partial charge < -0.3 is 15.7 Å². The van der Waals surface area contributed by atoms with Gasteiger partial charge in [0.15, 0.2) is 0 Å². The number of carbonyl (C=O) groups is 1. The van der Waals surface area contributed by atoms with Crippen molar-refractivity contribution in [3.05, 3.63) is 33.8 Å². The highest BCUT2D eigenvalue weighted by Gasteiger charge is 2.15. The normalized spacial score (nSPS) is 11.6. The van der Waals surface area contributed by atoms with Crippen LogP contribution in [0.15, 0.2) is 18.2 Å². The average molecular weight is 314 g/mol. The van der Waals surface area contributed by atoms with Gasteiger partial charge in [-0.2, -0.15) is 0 Å². The second kappa shape index (κ2) is 8.56. The first kappa shape index (κ1) is 17.5. The number of likely N-dealkylation sites (N-methyl/N-ethyl adjacent to an activating group) is 1. The third-order valence-corrected chi connectivity index (χ3v) is 2.82. The monoisotopic (exact) mass is 312 g/mol. The first-order chi connectivity index (χ1) is 8.06. The van der Waals surface area contributed by atoms with Crippen LogP contribution in [0, 0.1) is 0 Å². The molecular formula is C11H15Cl3N2O2. The van der Waals surface area contributed by atoms with E-state index in [1.54, 1.807) is 25.2 Å². The van der Waals surface area contributed by atoms with E-state index in [1.807, 2.05) is 0 Å². The van der Waals surface area contributed by atoms with E-state index in [4.69, 9.17) is 23.2 Å². The molecule has 18 heavy (non-hydrogen) atoms. The van der Waals surface area contributed by atoms with E-state index in [9.17, 15) is 9.90 Å². The first-order valence-electron chi connectivity index (χ1n) is 5.09. The fraction of sp³-hybridized carbons (Fsp3) is 0.364. The first-order valence-corrected chi connectivity index (χ1v) is 5.85. The summed E-state index contributed by atoms with van der Waals surface area (Å²) in [7, 11) is 1.67. The molecule has 1 rings (SSSR count). The van der Waals surface area contributed by atoms with Gasteiger partial charge in [0, 0.05) is 22.2 Å². The largest absolute Gasteiger partial charge is 0.386 e. The lowest BCUT2D eigenvalue weighted by Crippen LogP contribution is -2.34. The lowest BCUT2D eigenvalue weighted by atomic mass is 10.1. The maximum absolute atomic E-state index is 11.2. The van der Waals surface area contributed by atoms with E-state index in [2.05, 4.69) is 10.6 Å². The maximum atomic E-state index is 11.2. The Morgan fingerprint density at radius 2 is 1.94 bits per heavy atom. The molecule has 0 bridgehead atoms. The summed E-state index contributed by atoms with van der Waals surface area (Å²) in [6, 6.07) is 4.98. The summed E-state index contributed by atoms with van der Waals surface area (Å²) in [5.41, 5.74) is 0.431. The zero-order chi connectivity index (χ0) is 12.8. The zero-order valence-corrected chi connectivity index (χ0v) is 12.1. The number of amides is 1. The van der Waals surface area contributed by atoms with Gasteiger partial charge in [-0.1, -0.05) is 29.3 Å². The fourth-order valence-electron chi connectivity index (χ4n) is 1.36. The van der Waals surface area contributed by atoms with Crippen LogP contribution in [0.2, 0.25) is 10.0 Å². The summed E-state index contributed by atoms with van der Waals surface area (Å²) < 4.78 is 0. The number of hydrogen-bond donors (Lipinski definition) is 3. The van der Waals surface area contributed by atoms with E-state index in [1.165, 1.54) is 0 Å². The number of rotatable bonds is 5. The summed E-state index contributed by atoms with van der Waals surface area (Å²) in [5.74, 6) is -0.199. The number of hydrogen-bond acceptors (Lipinski definition) is 3. The molecule has 1 amide bonds. The van der Waals surface area contributed by atoms with E-state index in [-0.39, 0.29) is 31.4 Å². The molecule has 1 aromatic carbocycles. The van der Waals surface area contributed by atoms with Crippen molar-refractivity contribution in [2.75, 3.05) is 20.1 Å². The van der Waals surface area contributed by atoms with Crippen molar-refractivity contribution in [1.82, 2.24) is 10.6 Å². The van der Waals surface area contributed by atoms with Gasteiger partial charge in [-0.25, -0.2) is 0 Å². The van der Waals surface area contributed by atoms with Crippen molar-refractivity contribution in [1.29, 1.82) is 0 Å². The highest BCUT2D eigenvalue weighted by atomic mass is 35.5. The molecule has 4 nitrogen and oxygen atoms in total. The summed E-state index contributed by atoms with van der Waals surface area (Å²) in [6.07, 6.45) is -0.919. The Balaban J connectivity index is 0.00000289. The molecule has 0 aromatic heterocycles. The Kier molecular flexibility index (Phi) is 8.31. The van der Waals surface area contributed by atoms with Crippen LogP contribution in [0.5, 0.6) is 0 Å². The van der Waals surface area contributed by atoms with Crippen LogP contribution >= 0.6 is 35.6 Å². The third-order valence-electron chi connectivity index (χ3n) is 2.16. The van der Waals surface area contributed by atoms with Crippen LogP contribution in [-0.4, -0.2) is 31.2 Å². The van der Waals surface area contributed by atoms with Crippen LogP contribution < -0.4 is 10.6 Å². The van der Waals surface area contributed by atoms with Crippen LogP contribution in [0.4, 0.5) is 0 Å². The molecule has 7 heteroatoms. The molecule has 0 heterocycles. The molecule has 0 saturated carbocycles. The lowest BCUT2D eigenvalue weighted by Gasteiger charge is -2.15. The van der Waals surface area contributed by atoms with E-state index in [0.717, 1.165) is 0 Å². The summed E-state index contributed by atoms with van der Waals surface area (Å²) in [4.78, 5) is 11.2. The fourth-order valence-corrected chi connectivity index (χ4v) is 2.01. The minimum Gasteiger partial charge on any atom is -0.386 e. The van der Waals surface area contributed by atoms with Gasteiger partial charge in [-0.15, -0.1) is 12.4 Å². The molecule has 0 aliphatic rings. The second-order valence-electron chi connectivity index (χ2n) is 3.49. The zero-order valence-electron chi connectivity index (χ0n) is 9.74. The molecule has 1 unspecified atom stereocenters. The van der Waals surface area contributed by atoms with E-state index >= 15 is 0 Å². The molecule has 1 atom stereocenters. The third kappa shape index (κ3) is 5.00. The van der Waals surface area contributed by atoms with Crippen molar-refractivity contribution in [3.8, 4) is 0 Å². The molecule has 1 aromatic rings. The number of aliphatic hydroxyl groups is 1. The maximum Gasteiger partial charge on any atom is 0.234 e. The number of halogens is 3. The Labute approximate surface area is 122 Å². The topological polar surface area (TPSA) is 61.4 Å². The van der Waals surface area contributed by atoms with E-state index < -0.39 is 6.10 Å². The highest BCUT2D eigenvalue weighted by Crippen LogP contribution is 2.29. The van der Waals surface area contributed by atoms with Gasteiger partial charge in [-0.3, -0.25) is 4.79 Å². The average Bonchev–Trinajstić information content (AvgIpc) is 2.26. The SMILES string of the molecule is CNCC(=O)NCC(O)c1c(Cl)cccc1Cl.Cl. The summed E-state index contributed by atoms with van der Waals surface area (Å²) in [5, 5.41) is 15.9. The lowest BCUT2D eigenvalue weighted by molar-refractivity contribution is -0.120. The molecular weight excluding hydrogens is 298 g/mol. The standard InChI is InChI=1S/C11H14Cl2N2O2.ClH/c1-14-6-10(17)15-5-9(16)11-7(12)3-2-4-8(11)13;/h2-4,9,14,16H,5-6H2,1H3,(H,15,17);1H. The number of benzene rings is 1.